The summed E-state index contributed by atoms with van der Waals surface area (Å²) in [6, 6.07) is 13.6. The zero-order valence-electron chi connectivity index (χ0n) is 14.7. The van der Waals surface area contributed by atoms with E-state index in [1.165, 1.54) is 11.1 Å². The van der Waals surface area contributed by atoms with Gasteiger partial charge in [-0.3, -0.25) is 4.79 Å². The van der Waals surface area contributed by atoms with E-state index in [1.807, 2.05) is 19.1 Å². The lowest BCUT2D eigenvalue weighted by Crippen LogP contribution is -2.09. The fourth-order valence-electron chi connectivity index (χ4n) is 3.11. The van der Waals surface area contributed by atoms with Crippen molar-refractivity contribution >= 4 is 33.2 Å². The van der Waals surface area contributed by atoms with Crippen LogP contribution in [0.15, 0.2) is 47.3 Å². The molecule has 4 aromatic rings. The van der Waals surface area contributed by atoms with E-state index >= 15 is 0 Å². The van der Waals surface area contributed by atoms with Crippen LogP contribution in [0.3, 0.4) is 0 Å². The van der Waals surface area contributed by atoms with E-state index in [9.17, 15) is 4.79 Å². The van der Waals surface area contributed by atoms with Crippen molar-refractivity contribution in [3.63, 3.8) is 0 Å². The molecule has 26 heavy (non-hydrogen) atoms. The number of fused-ring (bicyclic) bond motifs is 1. The molecule has 0 spiro atoms. The van der Waals surface area contributed by atoms with E-state index in [4.69, 9.17) is 16.6 Å². The molecule has 0 fully saturated rings. The number of rotatable bonds is 2. The highest BCUT2D eigenvalue weighted by atomic mass is 35.5. The van der Waals surface area contributed by atoms with Crippen LogP contribution in [0.4, 0.5) is 0 Å². The number of benzene rings is 2. The maximum absolute atomic E-state index is 12.9. The first kappa shape index (κ1) is 17.0. The Morgan fingerprint density at radius 3 is 2.35 bits per heavy atom. The molecule has 2 aromatic carbocycles. The van der Waals surface area contributed by atoms with Crippen LogP contribution in [0.5, 0.6) is 0 Å². The molecular formula is C21H17ClN2OS. The van der Waals surface area contributed by atoms with Crippen LogP contribution in [0.2, 0.25) is 5.02 Å². The lowest BCUT2D eigenvalue weighted by atomic mass is 9.99. The van der Waals surface area contributed by atoms with Crippen molar-refractivity contribution in [2.45, 2.75) is 20.8 Å². The third-order valence-corrected chi connectivity index (χ3v) is 5.90. The van der Waals surface area contributed by atoms with Gasteiger partial charge in [0.05, 0.1) is 5.39 Å². The number of halogens is 1. The van der Waals surface area contributed by atoms with Gasteiger partial charge in [0.15, 0.2) is 0 Å². The second-order valence-corrected chi connectivity index (χ2v) is 8.07. The zero-order valence-corrected chi connectivity index (χ0v) is 16.3. The molecule has 0 radical (unpaired) electrons. The van der Waals surface area contributed by atoms with Gasteiger partial charge in [-0.1, -0.05) is 29.8 Å². The van der Waals surface area contributed by atoms with Crippen LogP contribution in [0, 0.1) is 20.8 Å². The van der Waals surface area contributed by atoms with Crippen LogP contribution in [0.25, 0.3) is 32.7 Å². The number of aromatic nitrogens is 2. The summed E-state index contributed by atoms with van der Waals surface area (Å²) in [5, 5.41) is 1.31. The number of hydrogen-bond acceptors (Lipinski definition) is 3. The molecule has 0 unspecified atom stereocenters. The second kappa shape index (κ2) is 6.38. The molecule has 2 aromatic heterocycles. The van der Waals surface area contributed by atoms with Crippen LogP contribution in [-0.2, 0) is 0 Å². The minimum absolute atomic E-state index is 0.113. The average Bonchev–Trinajstić information content (AvgIpc) is 2.94. The van der Waals surface area contributed by atoms with E-state index in [1.54, 1.807) is 23.5 Å². The SMILES string of the molecule is Cc1ccc(-c2c(C)sc3nc(-c4ccc(Cl)cc4)[nH]c(=O)c23)cc1C. The Labute approximate surface area is 160 Å². The third kappa shape index (κ3) is 2.85. The maximum atomic E-state index is 12.9. The molecular weight excluding hydrogens is 364 g/mol. The molecule has 0 amide bonds. The van der Waals surface area contributed by atoms with Crippen molar-refractivity contribution in [2.75, 3.05) is 0 Å². The lowest BCUT2D eigenvalue weighted by Gasteiger charge is -2.06. The second-order valence-electron chi connectivity index (χ2n) is 6.43. The van der Waals surface area contributed by atoms with Gasteiger partial charge < -0.3 is 4.98 Å². The van der Waals surface area contributed by atoms with E-state index in [-0.39, 0.29) is 5.56 Å². The van der Waals surface area contributed by atoms with Crippen molar-refractivity contribution in [1.29, 1.82) is 0 Å². The van der Waals surface area contributed by atoms with E-state index < -0.39 is 0 Å². The number of H-pyrrole nitrogens is 1. The topological polar surface area (TPSA) is 45.8 Å². The Hall–Kier alpha value is -2.43. The highest BCUT2D eigenvalue weighted by Gasteiger charge is 2.17. The average molecular weight is 381 g/mol. The fraction of sp³-hybridized carbons (Fsp3) is 0.143. The molecule has 0 aliphatic heterocycles. The Bertz CT molecular complexity index is 1190. The highest BCUT2D eigenvalue weighted by Crippen LogP contribution is 2.36. The summed E-state index contributed by atoms with van der Waals surface area (Å²) in [5.41, 5.74) is 5.21. The predicted octanol–water partition coefficient (Wildman–Crippen LogP) is 5.90. The highest BCUT2D eigenvalue weighted by molar-refractivity contribution is 7.19. The Balaban J connectivity index is 1.94. The first-order valence-corrected chi connectivity index (χ1v) is 9.50. The van der Waals surface area contributed by atoms with Gasteiger partial charge in [-0.15, -0.1) is 11.3 Å². The van der Waals surface area contributed by atoms with Crippen molar-refractivity contribution in [1.82, 2.24) is 9.97 Å². The smallest absolute Gasteiger partial charge is 0.260 e. The molecule has 5 heteroatoms. The minimum atomic E-state index is -0.113. The molecule has 0 saturated carbocycles. The lowest BCUT2D eigenvalue weighted by molar-refractivity contribution is 1.19. The monoisotopic (exact) mass is 380 g/mol. The van der Waals surface area contributed by atoms with E-state index in [0.717, 1.165) is 26.4 Å². The number of hydrogen-bond donors (Lipinski definition) is 1. The molecule has 0 saturated heterocycles. The number of thiophene rings is 1. The first-order chi connectivity index (χ1) is 12.4. The van der Waals surface area contributed by atoms with Crippen LogP contribution < -0.4 is 5.56 Å². The predicted molar refractivity (Wildman–Crippen MR) is 110 cm³/mol. The van der Waals surface area contributed by atoms with Crippen LogP contribution >= 0.6 is 22.9 Å². The van der Waals surface area contributed by atoms with Gasteiger partial charge in [-0.25, -0.2) is 4.98 Å². The van der Waals surface area contributed by atoms with Gasteiger partial charge in [-0.05, 0) is 61.7 Å². The Morgan fingerprint density at radius 2 is 1.65 bits per heavy atom. The van der Waals surface area contributed by atoms with Gasteiger partial charge >= 0.3 is 0 Å². The van der Waals surface area contributed by atoms with Gasteiger partial charge in [0, 0.05) is 21.0 Å². The number of nitrogens with one attached hydrogen (secondary N) is 1. The first-order valence-electron chi connectivity index (χ1n) is 8.31. The summed E-state index contributed by atoms with van der Waals surface area (Å²) >= 11 is 7.50. The van der Waals surface area contributed by atoms with Crippen molar-refractivity contribution < 1.29 is 0 Å². The summed E-state index contributed by atoms with van der Waals surface area (Å²) < 4.78 is 0. The number of aromatic amines is 1. The molecule has 0 aliphatic rings. The molecule has 3 nitrogen and oxygen atoms in total. The molecule has 2 heterocycles. The van der Waals surface area contributed by atoms with Gasteiger partial charge in [0.1, 0.15) is 10.7 Å². The molecule has 4 rings (SSSR count). The van der Waals surface area contributed by atoms with E-state index in [0.29, 0.717) is 16.2 Å². The zero-order chi connectivity index (χ0) is 18.4. The molecule has 130 valence electrons. The third-order valence-electron chi connectivity index (χ3n) is 4.65. The molecule has 0 atom stereocenters. The summed E-state index contributed by atoms with van der Waals surface area (Å²) in [6.07, 6.45) is 0. The molecule has 0 bridgehead atoms. The maximum Gasteiger partial charge on any atom is 0.260 e. The largest absolute Gasteiger partial charge is 0.306 e. The summed E-state index contributed by atoms with van der Waals surface area (Å²) in [7, 11) is 0. The standard InChI is InChI=1S/C21H17ClN2OS/c1-11-4-5-15(10-12(11)2)17-13(3)26-21-18(17)20(25)23-19(24-21)14-6-8-16(22)9-7-14/h4-10H,1-3H3,(H,23,24,25). The quantitative estimate of drug-likeness (QED) is 0.470. The molecule has 0 aliphatic carbocycles. The summed E-state index contributed by atoms with van der Waals surface area (Å²) in [6.45, 7) is 6.21. The number of nitrogens with zero attached hydrogens (tertiary/aromatic N) is 1. The van der Waals surface area contributed by atoms with Gasteiger partial charge in [-0.2, -0.15) is 0 Å². The fourth-order valence-corrected chi connectivity index (χ4v) is 4.28. The van der Waals surface area contributed by atoms with Crippen LogP contribution in [-0.4, -0.2) is 9.97 Å². The van der Waals surface area contributed by atoms with E-state index in [2.05, 4.69) is 37.0 Å². The summed E-state index contributed by atoms with van der Waals surface area (Å²) in [5.74, 6) is 0.562. The van der Waals surface area contributed by atoms with Gasteiger partial charge in [0.2, 0.25) is 0 Å². The molecule has 1 N–H and O–H groups in total. The summed E-state index contributed by atoms with van der Waals surface area (Å²) in [4.78, 5) is 22.4. The minimum Gasteiger partial charge on any atom is -0.306 e. The van der Waals surface area contributed by atoms with Crippen LogP contribution in [0.1, 0.15) is 16.0 Å². The normalized spacial score (nSPS) is 11.2. The Kier molecular flexibility index (Phi) is 4.17. The van der Waals surface area contributed by atoms with Gasteiger partial charge in [0.25, 0.3) is 5.56 Å². The van der Waals surface area contributed by atoms with Crippen molar-refractivity contribution in [3.8, 4) is 22.5 Å². The van der Waals surface area contributed by atoms with Crippen molar-refractivity contribution in [2.24, 2.45) is 0 Å². The number of aryl methyl sites for hydroxylation is 3. The van der Waals surface area contributed by atoms with Crippen molar-refractivity contribution in [3.05, 3.63) is 73.8 Å². The Morgan fingerprint density at radius 1 is 0.962 bits per heavy atom.